The predicted molar refractivity (Wildman–Crippen MR) is 134 cm³/mol. The van der Waals surface area contributed by atoms with E-state index in [9.17, 15) is 25.3 Å². The monoisotopic (exact) mass is 565 g/mol. The number of nitrogen functional groups attached to an aromatic ring is 1. The Hall–Kier alpha value is -3.76. The summed E-state index contributed by atoms with van der Waals surface area (Å²) in [6.07, 6.45) is 0.879. The maximum atomic E-state index is 13.1. The summed E-state index contributed by atoms with van der Waals surface area (Å²) in [5.41, 5.74) is 2.10. The van der Waals surface area contributed by atoms with Crippen LogP contribution < -0.4 is 10.6 Å². The summed E-state index contributed by atoms with van der Waals surface area (Å²) in [4.78, 5) is -0.694. The zero-order valence-electron chi connectivity index (χ0n) is 19.7. The molecule has 2 aromatic heterocycles. The number of hydrogen-bond donors (Lipinski definition) is 3. The van der Waals surface area contributed by atoms with Gasteiger partial charge in [0.25, 0.3) is 0 Å². The van der Waals surface area contributed by atoms with Crippen molar-refractivity contribution >= 4 is 35.4 Å². The minimum atomic E-state index is -4.35. The Morgan fingerprint density at radius 3 is 1.97 bits per heavy atom. The molecule has 0 unspecified atom stereocenters. The topological polar surface area (TPSA) is 200 Å². The van der Waals surface area contributed by atoms with Gasteiger partial charge in [0.2, 0.25) is 19.9 Å². The number of aromatic amines is 1. The fourth-order valence-corrected chi connectivity index (χ4v) is 7.59. The van der Waals surface area contributed by atoms with Crippen molar-refractivity contribution in [3.05, 3.63) is 77.5 Å². The second kappa shape index (κ2) is 9.60. The average molecular weight is 566 g/mol. The van der Waals surface area contributed by atoms with Crippen molar-refractivity contribution in [2.24, 2.45) is 0 Å². The molecule has 0 spiro atoms. The lowest BCUT2D eigenvalue weighted by Crippen LogP contribution is -2.23. The number of nitrogens with one attached hydrogen (secondary N) is 2. The van der Waals surface area contributed by atoms with Crippen molar-refractivity contribution in [2.45, 2.75) is 40.2 Å². The van der Waals surface area contributed by atoms with Crippen LogP contribution in [0.4, 0.5) is 5.69 Å². The number of anilines is 1. The number of hydrogen-bond acceptors (Lipinski definition) is 10. The molecule has 196 valence electrons. The molecule has 0 radical (unpaired) electrons. The van der Waals surface area contributed by atoms with Crippen molar-refractivity contribution in [1.29, 1.82) is 0 Å². The van der Waals surface area contributed by atoms with E-state index in [-0.39, 0.29) is 16.5 Å². The Morgan fingerprint density at radius 1 is 0.838 bits per heavy atom. The highest BCUT2D eigenvalue weighted by molar-refractivity contribution is 7.94. The van der Waals surface area contributed by atoms with Crippen LogP contribution in [0.2, 0.25) is 0 Å². The largest absolute Gasteiger partial charge is 0.336 e. The molecule has 0 saturated carbocycles. The predicted octanol–water partition coefficient (Wildman–Crippen LogP) is 1.08. The third-order valence-corrected chi connectivity index (χ3v) is 9.98. The summed E-state index contributed by atoms with van der Waals surface area (Å²) < 4.78 is 80.6. The maximum Gasteiger partial charge on any atom is 0.240 e. The molecule has 4 N–H and O–H groups in total. The Morgan fingerprint density at radius 2 is 1.38 bits per heavy atom. The summed E-state index contributed by atoms with van der Waals surface area (Å²) in [5, 5.41) is 12.7. The van der Waals surface area contributed by atoms with Crippen molar-refractivity contribution in [2.75, 3.05) is 10.6 Å². The second-order valence-electron chi connectivity index (χ2n) is 8.27. The van der Waals surface area contributed by atoms with Crippen LogP contribution >= 0.6 is 0 Å². The number of nitrogens with two attached hydrogens (primary N) is 1. The third kappa shape index (κ3) is 5.65. The Balaban J connectivity index is 1.57. The molecule has 16 heteroatoms. The van der Waals surface area contributed by atoms with Crippen LogP contribution in [0, 0.1) is 13.8 Å². The van der Waals surface area contributed by atoms with E-state index < -0.39 is 51.1 Å². The minimum Gasteiger partial charge on any atom is -0.336 e. The van der Waals surface area contributed by atoms with E-state index >= 15 is 0 Å². The van der Waals surface area contributed by atoms with Gasteiger partial charge in [-0.25, -0.2) is 29.9 Å². The molecule has 0 fully saturated rings. The highest BCUT2D eigenvalue weighted by atomic mass is 32.2. The van der Waals surface area contributed by atoms with Gasteiger partial charge < -0.3 is 5.84 Å². The molecule has 37 heavy (non-hydrogen) atoms. The van der Waals surface area contributed by atoms with E-state index in [4.69, 9.17) is 5.84 Å². The van der Waals surface area contributed by atoms with Crippen LogP contribution in [0.5, 0.6) is 0 Å². The molecule has 0 saturated heterocycles. The number of rotatable bonds is 9. The van der Waals surface area contributed by atoms with Gasteiger partial charge in [-0.05, 0) is 38.1 Å². The van der Waals surface area contributed by atoms with Gasteiger partial charge >= 0.3 is 0 Å². The number of sulfone groups is 2. The van der Waals surface area contributed by atoms with Crippen LogP contribution in [-0.2, 0) is 41.2 Å². The molecule has 4 rings (SSSR count). The lowest BCUT2D eigenvalue weighted by atomic mass is 10.2. The number of nitrogens with zero attached hydrogens (tertiary/aromatic N) is 4. The molecule has 0 amide bonds. The number of sulfonamides is 1. The van der Waals surface area contributed by atoms with Crippen LogP contribution in [-0.4, -0.2) is 50.3 Å². The van der Waals surface area contributed by atoms with Crippen molar-refractivity contribution < 1.29 is 25.3 Å². The van der Waals surface area contributed by atoms with Crippen molar-refractivity contribution in [3.63, 3.8) is 0 Å². The van der Waals surface area contributed by atoms with Crippen molar-refractivity contribution in [3.8, 4) is 0 Å². The fraction of sp³-hybridized carbons (Fsp3) is 0.190. The summed E-state index contributed by atoms with van der Waals surface area (Å²) in [5.74, 6) is 3.87. The van der Waals surface area contributed by atoms with E-state index in [0.29, 0.717) is 5.69 Å². The summed E-state index contributed by atoms with van der Waals surface area (Å²) in [6, 6.07) is 12.5. The Bertz CT molecular complexity index is 1760. The maximum absolute atomic E-state index is 13.1. The lowest BCUT2D eigenvalue weighted by molar-refractivity contribution is 0.578. The van der Waals surface area contributed by atoms with E-state index in [2.05, 4.69) is 25.1 Å². The van der Waals surface area contributed by atoms with Gasteiger partial charge in [0.05, 0.1) is 11.1 Å². The molecule has 0 aliphatic carbocycles. The van der Waals surface area contributed by atoms with E-state index in [1.165, 1.54) is 12.1 Å². The van der Waals surface area contributed by atoms with Crippen LogP contribution in [0.15, 0.2) is 69.5 Å². The van der Waals surface area contributed by atoms with Gasteiger partial charge in [0.15, 0.2) is 26.5 Å². The van der Waals surface area contributed by atoms with Gasteiger partial charge in [-0.2, -0.15) is 5.10 Å². The average Bonchev–Trinajstić information content (AvgIpc) is 3.45. The molecule has 0 bridgehead atoms. The van der Waals surface area contributed by atoms with E-state index in [0.717, 1.165) is 22.0 Å². The van der Waals surface area contributed by atoms with Crippen LogP contribution in [0.1, 0.15) is 22.8 Å². The van der Waals surface area contributed by atoms with Gasteiger partial charge in [0, 0.05) is 5.69 Å². The zero-order valence-corrected chi connectivity index (χ0v) is 22.1. The first-order chi connectivity index (χ1) is 17.3. The van der Waals surface area contributed by atoms with Crippen molar-refractivity contribution in [1.82, 2.24) is 25.1 Å². The van der Waals surface area contributed by atoms with E-state index in [1.54, 1.807) is 43.3 Å². The minimum absolute atomic E-state index is 0.116. The number of aryl methyl sites for hydroxylation is 2. The fourth-order valence-electron chi connectivity index (χ4n) is 3.33. The first kappa shape index (κ1) is 26.3. The SMILES string of the molecule is Cc1ccc(NS(=O)(=O)Cc2nnc(CS(=O)(=O)c3cn[nH]c3S(=O)(=O)c3ccc(C)cc3)n2N)cc1. The molecular weight excluding hydrogens is 542 g/mol. The van der Waals surface area contributed by atoms with Gasteiger partial charge in [-0.3, -0.25) is 9.82 Å². The highest BCUT2D eigenvalue weighted by Gasteiger charge is 2.32. The summed E-state index contributed by atoms with van der Waals surface area (Å²) in [6.45, 7) is 3.64. The lowest BCUT2D eigenvalue weighted by Gasteiger charge is -2.09. The molecule has 13 nitrogen and oxygen atoms in total. The molecule has 0 aliphatic rings. The molecule has 0 atom stereocenters. The summed E-state index contributed by atoms with van der Waals surface area (Å²) >= 11 is 0. The van der Waals surface area contributed by atoms with Gasteiger partial charge in [-0.1, -0.05) is 35.4 Å². The molecule has 4 aromatic rings. The van der Waals surface area contributed by atoms with E-state index in [1.807, 2.05) is 6.92 Å². The zero-order chi connectivity index (χ0) is 27.0. The normalized spacial score (nSPS) is 12.5. The van der Waals surface area contributed by atoms with Crippen LogP contribution in [0.3, 0.4) is 0 Å². The highest BCUT2D eigenvalue weighted by Crippen LogP contribution is 2.27. The molecule has 2 aromatic carbocycles. The first-order valence-electron chi connectivity index (χ1n) is 10.6. The molecular formula is C21H23N7O6S3. The number of benzene rings is 2. The third-order valence-electron chi connectivity index (χ3n) is 5.31. The van der Waals surface area contributed by atoms with Crippen LogP contribution in [0.25, 0.3) is 0 Å². The van der Waals surface area contributed by atoms with Gasteiger partial charge in [0.1, 0.15) is 16.4 Å². The standard InChI is InChI=1S/C21H23N7O6S3/c1-14-3-7-16(8-4-14)27-36(31,32)13-20-25-24-19(28(20)22)12-35(29,30)18-11-23-26-21(18)37(33,34)17-9-5-15(2)6-10-17/h3-11,27H,12-13,22H2,1-2H3,(H,23,26). The molecule has 2 heterocycles. The Labute approximate surface area is 213 Å². The second-order valence-corrected chi connectivity index (χ2v) is 13.8. The number of aromatic nitrogens is 5. The smallest absolute Gasteiger partial charge is 0.240 e. The van der Waals surface area contributed by atoms with Gasteiger partial charge in [-0.15, -0.1) is 10.2 Å². The Kier molecular flexibility index (Phi) is 6.83. The molecule has 0 aliphatic heterocycles. The summed E-state index contributed by atoms with van der Waals surface area (Å²) in [7, 11) is -12.5. The quantitative estimate of drug-likeness (QED) is 0.247. The first-order valence-corrected chi connectivity index (χ1v) is 15.4. The number of H-pyrrole nitrogens is 1.